The molecule has 0 spiro atoms. The number of ether oxygens (including phenoxy) is 2. The monoisotopic (exact) mass is 220 g/mol. The van der Waals surface area contributed by atoms with Crippen molar-refractivity contribution in [2.45, 2.75) is 25.3 Å². The van der Waals surface area contributed by atoms with Crippen LogP contribution >= 0.6 is 0 Å². The molecule has 0 bridgehead atoms. The van der Waals surface area contributed by atoms with Crippen molar-refractivity contribution < 1.29 is 9.47 Å². The van der Waals surface area contributed by atoms with E-state index < -0.39 is 0 Å². The number of hydrogen-bond donors (Lipinski definition) is 2. The molecule has 0 unspecified atom stereocenters. The number of aryl methyl sites for hydroxylation is 1. The molecule has 0 aromatic heterocycles. The molecule has 4 heteroatoms. The predicted molar refractivity (Wildman–Crippen MR) is 61.9 cm³/mol. The third-order valence-electron chi connectivity index (χ3n) is 3.24. The highest BCUT2D eigenvalue weighted by molar-refractivity contribution is 5.61. The van der Waals surface area contributed by atoms with Gasteiger partial charge in [0.15, 0.2) is 11.5 Å². The second kappa shape index (κ2) is 3.28. The molecule has 3 rings (SSSR count). The fraction of sp³-hybridized carbons (Fsp3) is 0.500. The minimum atomic E-state index is 0.0167. The van der Waals surface area contributed by atoms with Gasteiger partial charge in [-0.15, -0.1) is 0 Å². The van der Waals surface area contributed by atoms with Crippen LogP contribution in [0.25, 0.3) is 0 Å². The fourth-order valence-electron chi connectivity index (χ4n) is 1.84. The van der Waals surface area contributed by atoms with Crippen molar-refractivity contribution in [2.24, 2.45) is 5.73 Å². The van der Waals surface area contributed by atoms with Crippen molar-refractivity contribution in [2.75, 3.05) is 18.7 Å². The van der Waals surface area contributed by atoms with Crippen LogP contribution in [0.1, 0.15) is 18.4 Å². The van der Waals surface area contributed by atoms with Gasteiger partial charge in [0.2, 0.25) is 6.79 Å². The molecule has 3 N–H and O–H groups in total. The van der Waals surface area contributed by atoms with E-state index in [2.05, 4.69) is 12.2 Å². The second-order valence-corrected chi connectivity index (χ2v) is 4.74. The van der Waals surface area contributed by atoms with Crippen molar-refractivity contribution in [3.8, 4) is 11.5 Å². The second-order valence-electron chi connectivity index (χ2n) is 4.74. The molecule has 1 saturated carbocycles. The van der Waals surface area contributed by atoms with Crippen LogP contribution in [0.2, 0.25) is 0 Å². The van der Waals surface area contributed by atoms with Gasteiger partial charge in [0, 0.05) is 23.8 Å². The average molecular weight is 220 g/mol. The molecule has 1 aromatic rings. The lowest BCUT2D eigenvalue weighted by atomic mass is 10.1. The molecule has 16 heavy (non-hydrogen) atoms. The Morgan fingerprint density at radius 3 is 2.69 bits per heavy atom. The summed E-state index contributed by atoms with van der Waals surface area (Å²) in [6, 6.07) is 3.99. The maximum absolute atomic E-state index is 6.04. The Morgan fingerprint density at radius 2 is 2.00 bits per heavy atom. The quantitative estimate of drug-likeness (QED) is 0.812. The average Bonchev–Trinajstić information content (AvgIpc) is 2.82. The first-order valence-electron chi connectivity index (χ1n) is 5.59. The third-order valence-corrected chi connectivity index (χ3v) is 3.24. The van der Waals surface area contributed by atoms with Gasteiger partial charge in [-0.25, -0.2) is 0 Å². The molecular weight excluding hydrogens is 204 g/mol. The molecule has 4 nitrogen and oxygen atoms in total. The number of fused-ring (bicyclic) bond motifs is 1. The molecule has 1 fully saturated rings. The summed E-state index contributed by atoms with van der Waals surface area (Å²) in [6.07, 6.45) is 2.23. The first kappa shape index (κ1) is 9.78. The maximum Gasteiger partial charge on any atom is 0.231 e. The minimum absolute atomic E-state index is 0.0167. The van der Waals surface area contributed by atoms with Crippen LogP contribution in [0.5, 0.6) is 11.5 Å². The van der Waals surface area contributed by atoms with Crippen molar-refractivity contribution in [1.29, 1.82) is 0 Å². The van der Waals surface area contributed by atoms with Crippen molar-refractivity contribution >= 4 is 5.69 Å². The van der Waals surface area contributed by atoms with Gasteiger partial charge in [-0.3, -0.25) is 0 Å². The molecule has 0 atom stereocenters. The van der Waals surface area contributed by atoms with Crippen LogP contribution in [0.15, 0.2) is 12.1 Å². The first-order chi connectivity index (χ1) is 7.66. The van der Waals surface area contributed by atoms with E-state index in [1.54, 1.807) is 0 Å². The van der Waals surface area contributed by atoms with Crippen LogP contribution in [-0.4, -0.2) is 18.9 Å². The molecule has 1 aliphatic carbocycles. The largest absolute Gasteiger partial charge is 0.454 e. The Hall–Kier alpha value is -1.42. The number of anilines is 1. The van der Waals surface area contributed by atoms with Crippen LogP contribution < -0.4 is 20.5 Å². The van der Waals surface area contributed by atoms with E-state index in [1.165, 1.54) is 0 Å². The van der Waals surface area contributed by atoms with E-state index in [0.717, 1.165) is 42.1 Å². The van der Waals surface area contributed by atoms with E-state index in [1.807, 2.05) is 12.1 Å². The molecule has 1 aromatic carbocycles. The highest BCUT2D eigenvalue weighted by atomic mass is 16.7. The molecule has 2 aliphatic rings. The molecule has 1 aliphatic heterocycles. The summed E-state index contributed by atoms with van der Waals surface area (Å²) in [4.78, 5) is 0. The van der Waals surface area contributed by atoms with Gasteiger partial charge in [-0.2, -0.15) is 0 Å². The van der Waals surface area contributed by atoms with Crippen molar-refractivity contribution in [1.82, 2.24) is 0 Å². The topological polar surface area (TPSA) is 56.5 Å². The fourth-order valence-corrected chi connectivity index (χ4v) is 1.84. The lowest BCUT2D eigenvalue weighted by Gasteiger charge is -2.14. The standard InChI is InChI=1S/C12H16N2O2/c1-8-4-10-11(16-7-15-10)5-9(8)14-6-12(13)2-3-12/h4-5,14H,2-3,6-7,13H2,1H3. The summed E-state index contributed by atoms with van der Waals surface area (Å²) >= 11 is 0. The SMILES string of the molecule is Cc1cc2c(cc1NCC1(N)CC1)OCO2. The Labute approximate surface area is 94.7 Å². The number of nitrogens with two attached hydrogens (primary N) is 1. The van der Waals surface area contributed by atoms with Crippen molar-refractivity contribution in [3.05, 3.63) is 17.7 Å². The first-order valence-corrected chi connectivity index (χ1v) is 5.59. The molecule has 86 valence electrons. The van der Waals surface area contributed by atoms with Gasteiger partial charge in [0.1, 0.15) is 0 Å². The van der Waals surface area contributed by atoms with Gasteiger partial charge < -0.3 is 20.5 Å². The van der Waals surface area contributed by atoms with Gasteiger partial charge in [0.25, 0.3) is 0 Å². The van der Waals surface area contributed by atoms with Crippen molar-refractivity contribution in [3.63, 3.8) is 0 Å². The summed E-state index contributed by atoms with van der Waals surface area (Å²) < 4.78 is 10.7. The normalized spacial score (nSPS) is 19.6. The Morgan fingerprint density at radius 1 is 1.31 bits per heavy atom. The lowest BCUT2D eigenvalue weighted by Crippen LogP contribution is -2.31. The van der Waals surface area contributed by atoms with E-state index in [4.69, 9.17) is 15.2 Å². The highest BCUT2D eigenvalue weighted by Gasteiger charge is 2.37. The summed E-state index contributed by atoms with van der Waals surface area (Å²) in [5.41, 5.74) is 8.30. The molecule has 0 radical (unpaired) electrons. The maximum atomic E-state index is 6.04. The Kier molecular flexibility index (Phi) is 2.01. The van der Waals surface area contributed by atoms with Crippen LogP contribution in [0.4, 0.5) is 5.69 Å². The van der Waals surface area contributed by atoms with E-state index >= 15 is 0 Å². The van der Waals surface area contributed by atoms with Gasteiger partial charge in [0.05, 0.1) is 0 Å². The zero-order valence-electron chi connectivity index (χ0n) is 9.38. The van der Waals surface area contributed by atoms with Gasteiger partial charge >= 0.3 is 0 Å². The van der Waals surface area contributed by atoms with Crippen LogP contribution in [0.3, 0.4) is 0 Å². The van der Waals surface area contributed by atoms with Gasteiger partial charge in [-0.1, -0.05) is 0 Å². The molecular formula is C12H16N2O2. The third kappa shape index (κ3) is 1.69. The predicted octanol–water partition coefficient (Wildman–Crippen LogP) is 1.63. The summed E-state index contributed by atoms with van der Waals surface area (Å²) in [5.74, 6) is 1.65. The number of hydrogen-bond acceptors (Lipinski definition) is 4. The van der Waals surface area contributed by atoms with E-state index in [9.17, 15) is 0 Å². The molecule has 0 amide bonds. The van der Waals surface area contributed by atoms with E-state index in [-0.39, 0.29) is 5.54 Å². The lowest BCUT2D eigenvalue weighted by molar-refractivity contribution is 0.174. The van der Waals surface area contributed by atoms with Crippen LogP contribution in [0, 0.1) is 6.92 Å². The van der Waals surface area contributed by atoms with Crippen LogP contribution in [-0.2, 0) is 0 Å². The number of rotatable bonds is 3. The molecule has 1 heterocycles. The zero-order valence-corrected chi connectivity index (χ0v) is 9.38. The number of nitrogens with one attached hydrogen (secondary N) is 1. The summed E-state index contributed by atoms with van der Waals surface area (Å²) in [5, 5.41) is 3.38. The summed E-state index contributed by atoms with van der Waals surface area (Å²) in [6.45, 7) is 3.20. The minimum Gasteiger partial charge on any atom is -0.454 e. The van der Waals surface area contributed by atoms with Gasteiger partial charge in [-0.05, 0) is 31.4 Å². The molecule has 0 saturated heterocycles. The van der Waals surface area contributed by atoms with E-state index in [0.29, 0.717) is 6.79 Å². The smallest absolute Gasteiger partial charge is 0.231 e. The summed E-state index contributed by atoms with van der Waals surface area (Å²) in [7, 11) is 0. The zero-order chi connectivity index (χ0) is 11.2. The highest BCUT2D eigenvalue weighted by Crippen LogP contribution is 2.38. The Bertz CT molecular complexity index is 427. The Balaban J connectivity index is 1.78. The number of benzene rings is 1.